The topological polar surface area (TPSA) is 89.4 Å². The number of nitrogens with one attached hydrogen (secondary N) is 1. The van der Waals surface area contributed by atoms with E-state index in [0.29, 0.717) is 16.7 Å². The summed E-state index contributed by atoms with van der Waals surface area (Å²) in [5.74, 6) is -0.577. The standard InChI is InChI=1S/C20H22N4O3/c1-2-27-20(26)14-12-15-18(22-16-10-6-7-11-23(16)19(15)25)24(17(14)21)13-8-4-3-5-9-13/h6-7,10-13,21H,2-5,8-9H2,1H3. The van der Waals surface area contributed by atoms with Gasteiger partial charge in [-0.25, -0.2) is 9.78 Å². The number of fused-ring (bicyclic) bond motifs is 2. The number of rotatable bonds is 3. The molecule has 0 bridgehead atoms. The van der Waals surface area contributed by atoms with Crippen molar-refractivity contribution in [2.75, 3.05) is 6.61 Å². The van der Waals surface area contributed by atoms with Crippen molar-refractivity contribution in [2.24, 2.45) is 0 Å². The van der Waals surface area contributed by atoms with Crippen LogP contribution in [0, 0.1) is 5.41 Å². The van der Waals surface area contributed by atoms with Crippen molar-refractivity contribution in [2.45, 2.75) is 45.1 Å². The summed E-state index contributed by atoms with van der Waals surface area (Å²) in [7, 11) is 0. The molecule has 7 nitrogen and oxygen atoms in total. The Morgan fingerprint density at radius 3 is 2.81 bits per heavy atom. The Bertz CT molecular complexity index is 1140. The monoisotopic (exact) mass is 366 g/mol. The van der Waals surface area contributed by atoms with Crippen molar-refractivity contribution in [1.82, 2.24) is 14.0 Å². The molecule has 0 saturated heterocycles. The summed E-state index contributed by atoms with van der Waals surface area (Å²) in [6.07, 6.45) is 6.78. The highest BCUT2D eigenvalue weighted by atomic mass is 16.5. The number of carbonyl (C=O) groups is 1. The third kappa shape index (κ3) is 2.93. The van der Waals surface area contributed by atoms with Crippen LogP contribution in [0.15, 0.2) is 35.3 Å². The van der Waals surface area contributed by atoms with Gasteiger partial charge >= 0.3 is 5.97 Å². The fourth-order valence-corrected chi connectivity index (χ4v) is 3.91. The average Bonchev–Trinajstić information content (AvgIpc) is 2.69. The van der Waals surface area contributed by atoms with E-state index in [2.05, 4.69) is 4.98 Å². The second kappa shape index (κ2) is 6.98. The third-order valence-electron chi connectivity index (χ3n) is 5.20. The van der Waals surface area contributed by atoms with Crippen LogP contribution in [-0.2, 0) is 4.74 Å². The van der Waals surface area contributed by atoms with E-state index in [0.717, 1.165) is 25.7 Å². The minimum Gasteiger partial charge on any atom is -0.462 e. The molecule has 0 radical (unpaired) electrons. The highest BCUT2D eigenvalue weighted by molar-refractivity contribution is 5.93. The molecule has 7 heteroatoms. The number of hydrogen-bond acceptors (Lipinski definition) is 5. The molecule has 1 fully saturated rings. The highest BCUT2D eigenvalue weighted by Crippen LogP contribution is 2.29. The maximum Gasteiger partial charge on any atom is 0.341 e. The Morgan fingerprint density at radius 1 is 1.30 bits per heavy atom. The molecule has 0 spiro atoms. The molecule has 140 valence electrons. The highest BCUT2D eigenvalue weighted by Gasteiger charge is 2.23. The molecule has 0 aliphatic heterocycles. The van der Waals surface area contributed by atoms with Crippen LogP contribution in [-0.4, -0.2) is 26.5 Å². The second-order valence-electron chi connectivity index (χ2n) is 6.87. The molecule has 0 amide bonds. The Labute approximate surface area is 155 Å². The Kier molecular flexibility index (Phi) is 4.51. The van der Waals surface area contributed by atoms with Crippen LogP contribution in [0.4, 0.5) is 0 Å². The summed E-state index contributed by atoms with van der Waals surface area (Å²) < 4.78 is 8.36. The molecule has 1 N–H and O–H groups in total. The number of nitrogens with zero attached hydrogens (tertiary/aromatic N) is 3. The molecule has 3 heterocycles. The van der Waals surface area contributed by atoms with Gasteiger partial charge in [-0.1, -0.05) is 25.3 Å². The van der Waals surface area contributed by atoms with Crippen LogP contribution in [0.2, 0.25) is 0 Å². The smallest absolute Gasteiger partial charge is 0.341 e. The molecule has 0 aromatic carbocycles. The lowest BCUT2D eigenvalue weighted by Crippen LogP contribution is -2.34. The van der Waals surface area contributed by atoms with E-state index < -0.39 is 5.97 Å². The second-order valence-corrected chi connectivity index (χ2v) is 6.87. The van der Waals surface area contributed by atoms with E-state index in [4.69, 9.17) is 10.1 Å². The van der Waals surface area contributed by atoms with Gasteiger partial charge in [-0.2, -0.15) is 0 Å². The number of hydrogen-bond donors (Lipinski definition) is 1. The van der Waals surface area contributed by atoms with Gasteiger partial charge in [-0.05, 0) is 38.0 Å². The SMILES string of the molecule is CCOC(=O)c1cc2c(=O)n3ccccc3nc2n(C2CCCCC2)c1=N. The van der Waals surface area contributed by atoms with E-state index in [1.165, 1.54) is 16.9 Å². The predicted octanol–water partition coefficient (Wildman–Crippen LogP) is 2.81. The van der Waals surface area contributed by atoms with Gasteiger partial charge in [0.25, 0.3) is 5.56 Å². The summed E-state index contributed by atoms with van der Waals surface area (Å²) in [5.41, 5.74) is 0.939. The minimum absolute atomic E-state index is 0.0567. The van der Waals surface area contributed by atoms with Crippen molar-refractivity contribution >= 4 is 22.6 Å². The lowest BCUT2D eigenvalue weighted by molar-refractivity contribution is 0.0522. The first-order chi connectivity index (χ1) is 13.1. The van der Waals surface area contributed by atoms with Crippen molar-refractivity contribution < 1.29 is 9.53 Å². The van der Waals surface area contributed by atoms with Gasteiger partial charge in [0.05, 0.1) is 12.0 Å². The number of ether oxygens (including phenoxy) is 1. The summed E-state index contributed by atoms with van der Waals surface area (Å²) in [4.78, 5) is 30.2. The molecule has 27 heavy (non-hydrogen) atoms. The zero-order chi connectivity index (χ0) is 19.0. The van der Waals surface area contributed by atoms with Crippen molar-refractivity contribution in [3.8, 4) is 0 Å². The molecule has 1 aliphatic carbocycles. The Morgan fingerprint density at radius 2 is 2.07 bits per heavy atom. The maximum atomic E-state index is 13.1. The predicted molar refractivity (Wildman–Crippen MR) is 101 cm³/mol. The van der Waals surface area contributed by atoms with E-state index in [1.54, 1.807) is 29.8 Å². The first kappa shape index (κ1) is 17.5. The zero-order valence-corrected chi connectivity index (χ0v) is 15.3. The summed E-state index contributed by atoms with van der Waals surface area (Å²) in [6, 6.07) is 6.88. The average molecular weight is 366 g/mol. The van der Waals surface area contributed by atoms with Gasteiger partial charge in [0, 0.05) is 12.2 Å². The van der Waals surface area contributed by atoms with Crippen LogP contribution in [0.5, 0.6) is 0 Å². The maximum absolute atomic E-state index is 13.1. The number of pyridine rings is 2. The molecular weight excluding hydrogens is 344 g/mol. The molecule has 1 aliphatic rings. The molecule has 0 atom stereocenters. The number of carbonyl (C=O) groups excluding carboxylic acids is 1. The zero-order valence-electron chi connectivity index (χ0n) is 15.3. The molecule has 0 unspecified atom stereocenters. The van der Waals surface area contributed by atoms with E-state index in [-0.39, 0.29) is 29.3 Å². The van der Waals surface area contributed by atoms with Gasteiger partial charge in [0.2, 0.25) is 0 Å². The normalized spacial score (nSPS) is 15.3. The minimum atomic E-state index is -0.577. The molecular formula is C20H22N4O3. The third-order valence-corrected chi connectivity index (χ3v) is 5.20. The first-order valence-corrected chi connectivity index (χ1v) is 9.40. The van der Waals surface area contributed by atoms with E-state index in [1.807, 2.05) is 6.07 Å². The quantitative estimate of drug-likeness (QED) is 0.570. The molecule has 4 rings (SSSR count). The Balaban J connectivity index is 2.09. The lowest BCUT2D eigenvalue weighted by atomic mass is 9.95. The van der Waals surface area contributed by atoms with Crippen LogP contribution in [0.1, 0.15) is 55.4 Å². The number of esters is 1. The van der Waals surface area contributed by atoms with Crippen molar-refractivity contribution in [3.05, 3.63) is 51.9 Å². The lowest BCUT2D eigenvalue weighted by Gasteiger charge is -2.26. The first-order valence-electron chi connectivity index (χ1n) is 9.40. The van der Waals surface area contributed by atoms with Gasteiger partial charge in [0.1, 0.15) is 22.3 Å². The van der Waals surface area contributed by atoms with Crippen molar-refractivity contribution in [3.63, 3.8) is 0 Å². The Hall–Kier alpha value is -2.96. The van der Waals surface area contributed by atoms with Crippen LogP contribution >= 0.6 is 0 Å². The molecule has 3 aromatic heterocycles. The van der Waals surface area contributed by atoms with E-state index in [9.17, 15) is 9.59 Å². The van der Waals surface area contributed by atoms with Gasteiger partial charge in [-0.3, -0.25) is 14.6 Å². The van der Waals surface area contributed by atoms with Crippen LogP contribution in [0.3, 0.4) is 0 Å². The molecule has 3 aromatic rings. The fraction of sp³-hybridized carbons (Fsp3) is 0.400. The van der Waals surface area contributed by atoms with Crippen molar-refractivity contribution in [1.29, 1.82) is 5.41 Å². The summed E-state index contributed by atoms with van der Waals surface area (Å²) in [6.45, 7) is 1.94. The van der Waals surface area contributed by atoms with Crippen LogP contribution < -0.4 is 11.0 Å². The van der Waals surface area contributed by atoms with Gasteiger partial charge in [-0.15, -0.1) is 0 Å². The largest absolute Gasteiger partial charge is 0.462 e. The summed E-state index contributed by atoms with van der Waals surface area (Å²) >= 11 is 0. The van der Waals surface area contributed by atoms with Gasteiger partial charge < -0.3 is 9.30 Å². The molecule has 1 saturated carbocycles. The number of aromatic nitrogens is 3. The van der Waals surface area contributed by atoms with E-state index >= 15 is 0 Å². The fourth-order valence-electron chi connectivity index (χ4n) is 3.91. The summed E-state index contributed by atoms with van der Waals surface area (Å²) in [5, 5.41) is 9.00. The van der Waals surface area contributed by atoms with Crippen LogP contribution in [0.25, 0.3) is 16.7 Å². The van der Waals surface area contributed by atoms with Gasteiger partial charge in [0.15, 0.2) is 0 Å².